The molecule has 0 radical (unpaired) electrons. The van der Waals surface area contributed by atoms with E-state index < -0.39 is 5.97 Å². The average molecular weight is 499 g/mol. The third-order valence-electron chi connectivity index (χ3n) is 4.70. The van der Waals surface area contributed by atoms with Gasteiger partial charge in [0.05, 0.1) is 29.5 Å². The lowest BCUT2D eigenvalue weighted by molar-refractivity contribution is 0.0526. The normalized spacial score (nSPS) is 10.7. The first-order chi connectivity index (χ1) is 16.4. The number of esters is 1. The van der Waals surface area contributed by atoms with Gasteiger partial charge in [0.15, 0.2) is 11.6 Å². The van der Waals surface area contributed by atoms with Gasteiger partial charge in [0.25, 0.3) is 0 Å². The van der Waals surface area contributed by atoms with E-state index >= 15 is 0 Å². The van der Waals surface area contributed by atoms with Gasteiger partial charge in [0, 0.05) is 24.0 Å². The van der Waals surface area contributed by atoms with Gasteiger partial charge in [-0.25, -0.2) is 19.7 Å². The van der Waals surface area contributed by atoms with Crippen molar-refractivity contribution in [3.05, 3.63) is 70.1 Å². The first-order valence-electron chi connectivity index (χ1n) is 10.2. The van der Waals surface area contributed by atoms with Crippen LogP contribution in [0, 0.1) is 6.92 Å². The minimum Gasteiger partial charge on any atom is -0.497 e. The summed E-state index contributed by atoms with van der Waals surface area (Å²) in [4.78, 5) is 25.9. The van der Waals surface area contributed by atoms with E-state index in [0.717, 1.165) is 5.56 Å². The van der Waals surface area contributed by atoms with Crippen molar-refractivity contribution in [1.29, 1.82) is 0 Å². The maximum absolute atomic E-state index is 12.6. The number of nitrogens with one attached hydrogen (secondary N) is 1. The molecule has 4 rings (SSSR count). The fourth-order valence-electron chi connectivity index (χ4n) is 3.15. The highest BCUT2D eigenvalue weighted by Gasteiger charge is 2.20. The molecular weight excluding hydrogens is 479 g/mol. The molecule has 0 saturated heterocycles. The summed E-state index contributed by atoms with van der Waals surface area (Å²) < 4.78 is 11.9. The van der Waals surface area contributed by atoms with Crippen molar-refractivity contribution in [1.82, 2.24) is 24.7 Å². The van der Waals surface area contributed by atoms with Crippen molar-refractivity contribution < 1.29 is 14.3 Å². The smallest absolute Gasteiger partial charge is 0.343 e. The number of carbonyl (C=O) groups excluding carboxylic acids is 1. The standard InChI is InChI=1S/C23H20Cl2N6O3/c1-4-34-23(32)17-12-26-20(14-5-7-16(33-3)8-6-14)29-21(17)28-19-9-13(2)30-31(19)22-18(25)10-15(24)11-27-22/h5-12H,4H2,1-3H3,(H,26,28,29). The van der Waals surface area contributed by atoms with Gasteiger partial charge in [-0.3, -0.25) is 0 Å². The van der Waals surface area contributed by atoms with Crippen molar-refractivity contribution in [2.45, 2.75) is 13.8 Å². The van der Waals surface area contributed by atoms with Gasteiger partial charge in [-0.1, -0.05) is 23.2 Å². The molecule has 174 valence electrons. The zero-order valence-electron chi connectivity index (χ0n) is 18.5. The van der Waals surface area contributed by atoms with E-state index in [9.17, 15) is 4.79 Å². The van der Waals surface area contributed by atoms with Crippen molar-refractivity contribution >= 4 is 40.8 Å². The highest BCUT2D eigenvalue weighted by molar-refractivity contribution is 6.35. The van der Waals surface area contributed by atoms with Crippen LogP contribution in [0.4, 0.5) is 11.6 Å². The summed E-state index contributed by atoms with van der Waals surface area (Å²) >= 11 is 12.3. The fraction of sp³-hybridized carbons (Fsp3) is 0.174. The van der Waals surface area contributed by atoms with E-state index in [0.29, 0.717) is 38.9 Å². The lowest BCUT2D eigenvalue weighted by Gasteiger charge is -2.13. The Morgan fingerprint density at radius 1 is 1.12 bits per heavy atom. The van der Waals surface area contributed by atoms with Gasteiger partial charge >= 0.3 is 5.97 Å². The molecule has 0 aliphatic rings. The molecule has 0 amide bonds. The number of pyridine rings is 1. The van der Waals surface area contributed by atoms with E-state index in [1.807, 2.05) is 19.1 Å². The number of rotatable bonds is 7. The number of methoxy groups -OCH3 is 1. The van der Waals surface area contributed by atoms with Crippen LogP contribution in [0.2, 0.25) is 10.0 Å². The van der Waals surface area contributed by atoms with Crippen LogP contribution in [-0.2, 0) is 4.74 Å². The Labute approximate surface area is 205 Å². The molecular formula is C23H20Cl2N6O3. The summed E-state index contributed by atoms with van der Waals surface area (Å²) in [6, 6.07) is 10.6. The van der Waals surface area contributed by atoms with E-state index in [4.69, 9.17) is 32.7 Å². The molecule has 0 fully saturated rings. The topological polar surface area (TPSA) is 104 Å². The molecule has 1 N–H and O–H groups in total. The van der Waals surface area contributed by atoms with Gasteiger partial charge in [-0.05, 0) is 44.2 Å². The number of aromatic nitrogens is 5. The molecule has 34 heavy (non-hydrogen) atoms. The second kappa shape index (κ2) is 10.1. The average Bonchev–Trinajstić information content (AvgIpc) is 3.18. The lowest BCUT2D eigenvalue weighted by Crippen LogP contribution is -2.13. The SMILES string of the molecule is CCOC(=O)c1cnc(-c2ccc(OC)cc2)nc1Nc1cc(C)nn1-c1ncc(Cl)cc1Cl. The maximum atomic E-state index is 12.6. The number of nitrogens with zero attached hydrogens (tertiary/aromatic N) is 5. The Morgan fingerprint density at radius 3 is 2.56 bits per heavy atom. The number of aryl methyl sites for hydroxylation is 1. The van der Waals surface area contributed by atoms with Crippen LogP contribution in [0.25, 0.3) is 17.2 Å². The van der Waals surface area contributed by atoms with Gasteiger partial charge < -0.3 is 14.8 Å². The molecule has 3 heterocycles. The zero-order valence-corrected chi connectivity index (χ0v) is 20.1. The fourth-order valence-corrected chi connectivity index (χ4v) is 3.61. The lowest BCUT2D eigenvalue weighted by atomic mass is 10.2. The van der Waals surface area contributed by atoms with Gasteiger partial charge in [0.2, 0.25) is 0 Å². The highest BCUT2D eigenvalue weighted by atomic mass is 35.5. The van der Waals surface area contributed by atoms with Crippen LogP contribution in [0.1, 0.15) is 23.0 Å². The summed E-state index contributed by atoms with van der Waals surface area (Å²) in [6.45, 7) is 3.75. The molecule has 0 spiro atoms. The zero-order chi connectivity index (χ0) is 24.2. The van der Waals surface area contributed by atoms with E-state index in [1.165, 1.54) is 17.1 Å². The van der Waals surface area contributed by atoms with Crippen LogP contribution in [0.5, 0.6) is 5.75 Å². The molecule has 0 atom stereocenters. The largest absolute Gasteiger partial charge is 0.497 e. The molecule has 0 saturated carbocycles. The first kappa shape index (κ1) is 23.5. The van der Waals surface area contributed by atoms with E-state index in [2.05, 4.69) is 25.4 Å². The Bertz CT molecular complexity index is 1340. The summed E-state index contributed by atoms with van der Waals surface area (Å²) in [5, 5.41) is 8.35. The Hall–Kier alpha value is -3.69. The molecule has 0 unspecified atom stereocenters. The number of benzene rings is 1. The monoisotopic (exact) mass is 498 g/mol. The minimum atomic E-state index is -0.559. The van der Waals surface area contributed by atoms with Gasteiger partial charge in [-0.2, -0.15) is 9.78 Å². The van der Waals surface area contributed by atoms with Gasteiger partial charge in [-0.15, -0.1) is 0 Å². The van der Waals surface area contributed by atoms with Crippen LogP contribution >= 0.6 is 23.2 Å². The first-order valence-corrected chi connectivity index (χ1v) is 11.0. The number of hydrogen-bond donors (Lipinski definition) is 1. The van der Waals surface area contributed by atoms with Crippen molar-refractivity contribution in [3.8, 4) is 23.0 Å². The predicted molar refractivity (Wildman–Crippen MR) is 129 cm³/mol. The summed E-state index contributed by atoms with van der Waals surface area (Å²) in [5.41, 5.74) is 1.60. The molecule has 3 aromatic heterocycles. The third-order valence-corrected chi connectivity index (χ3v) is 5.18. The number of ether oxygens (including phenoxy) is 2. The molecule has 1 aromatic carbocycles. The molecule has 0 aliphatic carbocycles. The summed E-state index contributed by atoms with van der Waals surface area (Å²) in [5.74, 6) is 1.64. The van der Waals surface area contributed by atoms with E-state index in [-0.39, 0.29) is 18.0 Å². The highest BCUT2D eigenvalue weighted by Crippen LogP contribution is 2.29. The van der Waals surface area contributed by atoms with Crippen LogP contribution in [-0.4, -0.2) is 44.4 Å². The predicted octanol–water partition coefficient (Wildman–Crippen LogP) is 5.27. The van der Waals surface area contributed by atoms with Crippen LogP contribution in [0.15, 0.2) is 48.8 Å². The number of anilines is 2. The molecule has 11 heteroatoms. The second-order valence-corrected chi connectivity index (χ2v) is 7.92. The minimum absolute atomic E-state index is 0.166. The molecule has 0 aliphatic heterocycles. The number of carbonyl (C=O) groups is 1. The summed E-state index contributed by atoms with van der Waals surface area (Å²) in [7, 11) is 1.59. The summed E-state index contributed by atoms with van der Waals surface area (Å²) in [6.07, 6.45) is 2.90. The van der Waals surface area contributed by atoms with Crippen molar-refractivity contribution in [3.63, 3.8) is 0 Å². The molecule has 9 nitrogen and oxygen atoms in total. The molecule has 0 bridgehead atoms. The van der Waals surface area contributed by atoms with Crippen LogP contribution in [0.3, 0.4) is 0 Å². The Kier molecular flexibility index (Phi) is 6.95. The van der Waals surface area contributed by atoms with Crippen molar-refractivity contribution in [2.24, 2.45) is 0 Å². The maximum Gasteiger partial charge on any atom is 0.343 e. The van der Waals surface area contributed by atoms with E-state index in [1.54, 1.807) is 38.3 Å². The van der Waals surface area contributed by atoms with Crippen molar-refractivity contribution in [2.75, 3.05) is 19.0 Å². The van der Waals surface area contributed by atoms with Crippen LogP contribution < -0.4 is 10.1 Å². The quantitative estimate of drug-likeness (QED) is 0.343. The second-order valence-electron chi connectivity index (χ2n) is 7.07. The number of hydrogen-bond acceptors (Lipinski definition) is 8. The molecule has 4 aromatic rings. The Balaban J connectivity index is 1.79. The van der Waals surface area contributed by atoms with Gasteiger partial charge in [0.1, 0.15) is 22.9 Å². The third kappa shape index (κ3) is 4.95. The number of halogens is 2. The Morgan fingerprint density at radius 2 is 1.88 bits per heavy atom.